The molecule has 0 spiro atoms. The molecular weight excluding hydrogens is 354 g/mol. The van der Waals surface area contributed by atoms with Crippen LogP contribution in [0, 0.1) is 0 Å². The van der Waals surface area contributed by atoms with Gasteiger partial charge in [0.05, 0.1) is 29.7 Å². The molecule has 2 N–H and O–H groups in total. The average molecular weight is 374 g/mol. The lowest BCUT2D eigenvalue weighted by molar-refractivity contribution is -0.0247. The van der Waals surface area contributed by atoms with Crippen LogP contribution in [0.2, 0.25) is 0 Å². The highest BCUT2D eigenvalue weighted by molar-refractivity contribution is 5.96. The molecule has 1 atom stereocenters. The number of nitrogen functional groups attached to an aromatic ring is 1. The number of anilines is 1. The maximum Gasteiger partial charge on any atom is 0.263 e. The minimum Gasteiger partial charge on any atom is -0.384 e. The molecule has 4 rings (SSSR count). The van der Waals surface area contributed by atoms with Crippen LogP contribution < -0.4 is 5.73 Å². The second-order valence-electron chi connectivity index (χ2n) is 6.75. The maximum atomic E-state index is 13.6. The summed E-state index contributed by atoms with van der Waals surface area (Å²) >= 11 is 0. The van der Waals surface area contributed by atoms with E-state index in [-0.39, 0.29) is 12.2 Å². The number of hydrogen-bond donors (Lipinski definition) is 1. The van der Waals surface area contributed by atoms with Crippen LogP contribution in [0.3, 0.4) is 0 Å². The average Bonchev–Trinajstić information content (AvgIpc) is 3.27. The van der Waals surface area contributed by atoms with Crippen molar-refractivity contribution < 1.29 is 18.3 Å². The monoisotopic (exact) mass is 374 g/mol. The fourth-order valence-corrected chi connectivity index (χ4v) is 3.56. The summed E-state index contributed by atoms with van der Waals surface area (Å²) in [7, 11) is 3.42. The van der Waals surface area contributed by atoms with Crippen LogP contribution in [0.1, 0.15) is 24.1 Å². The quantitative estimate of drug-likeness (QED) is 0.757. The van der Waals surface area contributed by atoms with Crippen molar-refractivity contribution in [2.45, 2.75) is 18.4 Å². The molecule has 142 valence electrons. The lowest BCUT2D eigenvalue weighted by atomic mass is 9.95. The van der Waals surface area contributed by atoms with Crippen LogP contribution >= 0.6 is 0 Å². The third-order valence-corrected chi connectivity index (χ3v) is 5.12. The van der Waals surface area contributed by atoms with Crippen LogP contribution in [0.4, 0.5) is 14.6 Å². The van der Waals surface area contributed by atoms with Crippen LogP contribution in [-0.4, -0.2) is 34.9 Å². The molecule has 27 heavy (non-hydrogen) atoms. The van der Waals surface area contributed by atoms with E-state index in [0.29, 0.717) is 30.2 Å². The third kappa shape index (κ3) is 2.94. The number of hydrogen-bond acceptors (Lipinski definition) is 5. The van der Waals surface area contributed by atoms with Crippen molar-refractivity contribution in [3.63, 3.8) is 0 Å². The zero-order chi connectivity index (χ0) is 19.2. The number of methoxy groups -OCH3 is 1. The maximum absolute atomic E-state index is 13.6. The van der Waals surface area contributed by atoms with Crippen molar-refractivity contribution in [1.82, 2.24) is 14.5 Å². The van der Waals surface area contributed by atoms with Crippen molar-refractivity contribution in [1.29, 1.82) is 0 Å². The van der Waals surface area contributed by atoms with Gasteiger partial charge >= 0.3 is 0 Å². The van der Waals surface area contributed by atoms with E-state index in [0.717, 1.165) is 16.5 Å². The van der Waals surface area contributed by atoms with Crippen LogP contribution in [0.15, 0.2) is 30.6 Å². The first-order valence-corrected chi connectivity index (χ1v) is 8.58. The molecule has 3 aromatic heterocycles. The van der Waals surface area contributed by atoms with Gasteiger partial charge in [-0.3, -0.25) is 0 Å². The van der Waals surface area contributed by atoms with Crippen molar-refractivity contribution in [3.05, 3.63) is 41.9 Å². The number of alkyl halides is 2. The van der Waals surface area contributed by atoms with Gasteiger partial charge in [-0.15, -0.1) is 0 Å². The molecule has 1 aliphatic heterocycles. The number of nitrogens with zero attached hydrogens (tertiary/aromatic N) is 3. The zero-order valence-electron chi connectivity index (χ0n) is 15.1. The first-order valence-electron chi connectivity index (χ1n) is 8.58. The number of aryl methyl sites for hydroxylation is 1. The summed E-state index contributed by atoms with van der Waals surface area (Å²) in [4.78, 5) is 8.80. The molecule has 3 aromatic rings. The number of pyridine rings is 2. The lowest BCUT2D eigenvalue weighted by Gasteiger charge is -2.26. The van der Waals surface area contributed by atoms with Gasteiger partial charge in [0.25, 0.3) is 6.43 Å². The Morgan fingerprint density at radius 2 is 2.15 bits per heavy atom. The predicted molar refractivity (Wildman–Crippen MR) is 97.4 cm³/mol. The topological polar surface area (TPSA) is 75.2 Å². The lowest BCUT2D eigenvalue weighted by Crippen LogP contribution is -2.30. The second kappa shape index (κ2) is 6.54. The largest absolute Gasteiger partial charge is 0.384 e. The molecule has 0 bridgehead atoms. The number of rotatable bonds is 4. The highest BCUT2D eigenvalue weighted by Crippen LogP contribution is 2.38. The van der Waals surface area contributed by atoms with Crippen LogP contribution in [-0.2, 0) is 22.1 Å². The molecule has 0 aromatic carbocycles. The van der Waals surface area contributed by atoms with Crippen molar-refractivity contribution >= 4 is 16.7 Å². The van der Waals surface area contributed by atoms with E-state index in [9.17, 15) is 8.78 Å². The van der Waals surface area contributed by atoms with E-state index < -0.39 is 12.0 Å². The summed E-state index contributed by atoms with van der Waals surface area (Å²) in [6, 6.07) is 4.55. The van der Waals surface area contributed by atoms with Gasteiger partial charge in [-0.25, -0.2) is 18.7 Å². The summed E-state index contributed by atoms with van der Waals surface area (Å²) in [6.07, 6.45) is 1.45. The SMILES string of the molecule is CO[C@@]1(c2cc(C(F)F)cc(-c3cn(C)c4cnc(N)cc34)n2)CCOC1. The first kappa shape index (κ1) is 17.8. The summed E-state index contributed by atoms with van der Waals surface area (Å²) in [6.45, 7) is 0.787. The highest BCUT2D eigenvalue weighted by Gasteiger charge is 2.39. The van der Waals surface area contributed by atoms with Crippen molar-refractivity contribution in [3.8, 4) is 11.3 Å². The third-order valence-electron chi connectivity index (χ3n) is 5.12. The Kier molecular flexibility index (Phi) is 4.32. The molecular formula is C19H20F2N4O2. The number of aromatic nitrogens is 3. The molecule has 1 saturated heterocycles. The Bertz CT molecular complexity index is 997. The van der Waals surface area contributed by atoms with Gasteiger partial charge in [0.15, 0.2) is 0 Å². The fraction of sp³-hybridized carbons (Fsp3) is 0.368. The number of fused-ring (bicyclic) bond motifs is 1. The molecule has 0 saturated carbocycles. The Labute approximate surface area is 154 Å². The van der Waals surface area contributed by atoms with E-state index in [1.807, 2.05) is 17.8 Å². The van der Waals surface area contributed by atoms with Gasteiger partial charge in [0.2, 0.25) is 0 Å². The molecule has 0 unspecified atom stereocenters. The first-order chi connectivity index (χ1) is 12.9. The second-order valence-corrected chi connectivity index (χ2v) is 6.75. The normalized spacial score (nSPS) is 20.0. The number of ether oxygens (including phenoxy) is 2. The summed E-state index contributed by atoms with van der Waals surface area (Å²) in [5, 5.41) is 0.809. The van der Waals surface area contributed by atoms with E-state index in [1.54, 1.807) is 19.4 Å². The molecule has 0 aliphatic carbocycles. The summed E-state index contributed by atoms with van der Waals surface area (Å²) < 4.78 is 40.2. The summed E-state index contributed by atoms with van der Waals surface area (Å²) in [5.74, 6) is 0.359. The predicted octanol–water partition coefficient (Wildman–Crippen LogP) is 3.42. The van der Waals surface area contributed by atoms with Crippen LogP contribution in [0.5, 0.6) is 0 Å². The molecule has 0 radical (unpaired) electrons. The molecule has 6 nitrogen and oxygen atoms in total. The van der Waals surface area contributed by atoms with Gasteiger partial charge in [-0.1, -0.05) is 0 Å². The van der Waals surface area contributed by atoms with Crippen molar-refractivity contribution in [2.24, 2.45) is 7.05 Å². The van der Waals surface area contributed by atoms with Gasteiger partial charge < -0.3 is 19.8 Å². The molecule has 4 heterocycles. The standard InChI is InChI=1S/C19H20F2N4O2/c1-25-9-13(12-7-17(22)23-8-15(12)25)14-5-11(18(20)21)6-16(24-14)19(26-2)3-4-27-10-19/h5-9,18H,3-4,10H2,1-2H3,(H2,22,23)/t19-/m0/s1. The van der Waals surface area contributed by atoms with Crippen LogP contribution in [0.25, 0.3) is 22.2 Å². The Hall–Kier alpha value is -2.58. The van der Waals surface area contributed by atoms with E-state index in [4.69, 9.17) is 20.2 Å². The minimum atomic E-state index is -2.62. The Balaban J connectivity index is 1.95. The number of halogens is 2. The minimum absolute atomic E-state index is 0.0997. The smallest absolute Gasteiger partial charge is 0.263 e. The Morgan fingerprint density at radius 3 is 2.81 bits per heavy atom. The van der Waals surface area contributed by atoms with E-state index >= 15 is 0 Å². The molecule has 1 fully saturated rings. The van der Waals surface area contributed by atoms with Gasteiger partial charge in [0, 0.05) is 49.9 Å². The van der Waals surface area contributed by atoms with Gasteiger partial charge in [-0.05, 0) is 18.2 Å². The van der Waals surface area contributed by atoms with E-state index in [1.165, 1.54) is 12.1 Å². The van der Waals surface area contributed by atoms with E-state index in [2.05, 4.69) is 4.98 Å². The van der Waals surface area contributed by atoms with Crippen molar-refractivity contribution in [2.75, 3.05) is 26.1 Å². The number of nitrogens with two attached hydrogens (primary N) is 1. The van der Waals surface area contributed by atoms with Gasteiger partial charge in [-0.2, -0.15) is 0 Å². The van der Waals surface area contributed by atoms with Gasteiger partial charge in [0.1, 0.15) is 11.4 Å². The summed E-state index contributed by atoms with van der Waals surface area (Å²) in [5.41, 5.74) is 7.38. The highest BCUT2D eigenvalue weighted by atomic mass is 19.3. The zero-order valence-corrected chi connectivity index (χ0v) is 15.1. The molecule has 0 amide bonds. The molecule has 1 aliphatic rings. The molecule has 8 heteroatoms. The fourth-order valence-electron chi connectivity index (χ4n) is 3.56. The Morgan fingerprint density at radius 1 is 1.33 bits per heavy atom.